The Bertz CT molecular complexity index is 845. The fourth-order valence-corrected chi connectivity index (χ4v) is 2.53. The minimum Gasteiger partial charge on any atom is -0.439 e. The zero-order chi connectivity index (χ0) is 17.6. The summed E-state index contributed by atoms with van der Waals surface area (Å²) >= 11 is 0. The maximum absolute atomic E-state index is 12.7. The van der Waals surface area contributed by atoms with Gasteiger partial charge in [-0.2, -0.15) is 5.10 Å². The molecule has 0 bridgehead atoms. The Balaban J connectivity index is 1.77. The molecule has 3 aromatic rings. The Morgan fingerprint density at radius 3 is 2.68 bits per heavy atom. The molecule has 25 heavy (non-hydrogen) atoms. The summed E-state index contributed by atoms with van der Waals surface area (Å²) in [5, 5.41) is 4.15. The molecule has 0 aliphatic heterocycles. The van der Waals surface area contributed by atoms with Gasteiger partial charge in [0.2, 0.25) is 5.88 Å². The lowest BCUT2D eigenvalue weighted by Crippen LogP contribution is -2.28. The number of hydrogen-bond acceptors (Lipinski definition) is 4. The Morgan fingerprint density at radius 2 is 1.92 bits per heavy atom. The molecule has 6 nitrogen and oxygen atoms in total. The highest BCUT2D eigenvalue weighted by Gasteiger charge is 2.18. The molecule has 0 saturated heterocycles. The largest absolute Gasteiger partial charge is 0.439 e. The zero-order valence-electron chi connectivity index (χ0n) is 14.3. The summed E-state index contributed by atoms with van der Waals surface area (Å²) in [7, 11) is 1.76. The number of rotatable bonds is 6. The summed E-state index contributed by atoms with van der Waals surface area (Å²) in [6, 6.07) is 14.9. The van der Waals surface area contributed by atoms with Crippen molar-refractivity contribution in [3.8, 4) is 11.6 Å². The van der Waals surface area contributed by atoms with Gasteiger partial charge in [0.1, 0.15) is 11.4 Å². The molecule has 2 aromatic heterocycles. The number of carbonyl (C=O) groups excluding carboxylic acids is 1. The number of para-hydroxylation sites is 1. The van der Waals surface area contributed by atoms with Crippen molar-refractivity contribution in [3.63, 3.8) is 0 Å². The van der Waals surface area contributed by atoms with Gasteiger partial charge in [0.15, 0.2) is 0 Å². The van der Waals surface area contributed by atoms with Gasteiger partial charge in [-0.1, -0.05) is 24.3 Å². The third-order valence-corrected chi connectivity index (χ3v) is 3.80. The maximum atomic E-state index is 12.7. The van der Waals surface area contributed by atoms with E-state index in [4.69, 9.17) is 4.74 Å². The predicted molar refractivity (Wildman–Crippen MR) is 94.5 cm³/mol. The number of amides is 1. The van der Waals surface area contributed by atoms with Crippen molar-refractivity contribution in [2.75, 3.05) is 7.05 Å². The van der Waals surface area contributed by atoms with Crippen LogP contribution in [-0.2, 0) is 13.1 Å². The molecule has 0 radical (unpaired) electrons. The molecule has 128 valence electrons. The van der Waals surface area contributed by atoms with Crippen molar-refractivity contribution in [2.24, 2.45) is 0 Å². The molecule has 0 spiro atoms. The smallest absolute Gasteiger partial charge is 0.272 e. The van der Waals surface area contributed by atoms with Gasteiger partial charge in [-0.25, -0.2) is 4.98 Å². The Hall–Kier alpha value is -3.15. The number of aromatic nitrogens is 3. The van der Waals surface area contributed by atoms with Crippen LogP contribution in [0.2, 0.25) is 0 Å². The van der Waals surface area contributed by atoms with E-state index < -0.39 is 0 Å². The van der Waals surface area contributed by atoms with E-state index in [1.54, 1.807) is 35.1 Å². The molecule has 3 rings (SSSR count). The summed E-state index contributed by atoms with van der Waals surface area (Å²) in [5.41, 5.74) is 1.41. The highest BCUT2D eigenvalue weighted by Crippen LogP contribution is 2.23. The lowest BCUT2D eigenvalue weighted by Gasteiger charge is -2.19. The summed E-state index contributed by atoms with van der Waals surface area (Å²) in [6.07, 6.45) is 3.31. The van der Waals surface area contributed by atoms with Crippen molar-refractivity contribution in [1.82, 2.24) is 19.7 Å². The van der Waals surface area contributed by atoms with E-state index in [1.165, 1.54) is 0 Å². The van der Waals surface area contributed by atoms with Crippen molar-refractivity contribution in [2.45, 2.75) is 20.0 Å². The number of aryl methyl sites for hydroxylation is 1. The second kappa shape index (κ2) is 7.61. The molecule has 6 heteroatoms. The molecule has 0 aliphatic rings. The molecule has 0 N–H and O–H groups in total. The van der Waals surface area contributed by atoms with E-state index in [9.17, 15) is 4.79 Å². The third-order valence-electron chi connectivity index (χ3n) is 3.80. The van der Waals surface area contributed by atoms with Crippen LogP contribution in [0.4, 0.5) is 0 Å². The first-order valence-corrected chi connectivity index (χ1v) is 8.13. The Labute approximate surface area is 146 Å². The van der Waals surface area contributed by atoms with Gasteiger partial charge < -0.3 is 9.64 Å². The fraction of sp³-hybridized carbons (Fsp3) is 0.211. The third kappa shape index (κ3) is 3.85. The van der Waals surface area contributed by atoms with E-state index in [-0.39, 0.29) is 5.91 Å². The van der Waals surface area contributed by atoms with E-state index >= 15 is 0 Å². The van der Waals surface area contributed by atoms with Crippen LogP contribution in [0, 0.1) is 0 Å². The van der Waals surface area contributed by atoms with Crippen molar-refractivity contribution < 1.29 is 9.53 Å². The molecule has 0 saturated carbocycles. The van der Waals surface area contributed by atoms with Crippen LogP contribution in [0.25, 0.3) is 0 Å². The van der Waals surface area contributed by atoms with Crippen LogP contribution >= 0.6 is 0 Å². The Kier molecular flexibility index (Phi) is 5.09. The lowest BCUT2D eigenvalue weighted by atomic mass is 10.2. The first kappa shape index (κ1) is 16.7. The van der Waals surface area contributed by atoms with Crippen LogP contribution in [0.15, 0.2) is 60.9 Å². The van der Waals surface area contributed by atoms with Gasteiger partial charge in [0.05, 0.1) is 6.54 Å². The number of ether oxygens (including phenoxy) is 1. The molecule has 1 amide bonds. The molecule has 0 unspecified atom stereocenters. The summed E-state index contributed by atoms with van der Waals surface area (Å²) in [5.74, 6) is 1.12. The Morgan fingerprint density at radius 1 is 1.12 bits per heavy atom. The van der Waals surface area contributed by atoms with Crippen LogP contribution in [0.5, 0.6) is 11.6 Å². The standard InChI is InChI=1S/C19H20N4O2/c1-3-23-17(11-13-21-23)19(24)22(2)14-15-8-7-12-20-18(15)25-16-9-5-4-6-10-16/h4-13H,3,14H2,1-2H3. The average Bonchev–Trinajstić information content (AvgIpc) is 3.12. The second-order valence-electron chi connectivity index (χ2n) is 5.58. The lowest BCUT2D eigenvalue weighted by molar-refractivity contribution is 0.0772. The van der Waals surface area contributed by atoms with Crippen LogP contribution in [0.3, 0.4) is 0 Å². The summed E-state index contributed by atoms with van der Waals surface area (Å²) in [4.78, 5) is 18.6. The summed E-state index contributed by atoms with van der Waals surface area (Å²) < 4.78 is 7.54. The van der Waals surface area contributed by atoms with Gasteiger partial charge in [-0.15, -0.1) is 0 Å². The first-order valence-electron chi connectivity index (χ1n) is 8.13. The molecular weight excluding hydrogens is 316 g/mol. The SMILES string of the molecule is CCn1nccc1C(=O)N(C)Cc1cccnc1Oc1ccccc1. The topological polar surface area (TPSA) is 60.2 Å². The first-order chi connectivity index (χ1) is 12.2. The maximum Gasteiger partial charge on any atom is 0.272 e. The highest BCUT2D eigenvalue weighted by molar-refractivity contribution is 5.92. The minimum absolute atomic E-state index is 0.0890. The molecular formula is C19H20N4O2. The van der Waals surface area contributed by atoms with Crippen LogP contribution in [-0.4, -0.2) is 32.6 Å². The number of nitrogens with zero attached hydrogens (tertiary/aromatic N) is 4. The van der Waals surface area contributed by atoms with Crippen LogP contribution in [0.1, 0.15) is 23.0 Å². The van der Waals surface area contributed by atoms with E-state index in [2.05, 4.69) is 10.1 Å². The predicted octanol–water partition coefficient (Wildman–Crippen LogP) is 3.36. The van der Waals surface area contributed by atoms with Gasteiger partial charge in [-0.05, 0) is 31.2 Å². The van der Waals surface area contributed by atoms with E-state index in [1.807, 2.05) is 49.4 Å². The van der Waals surface area contributed by atoms with Crippen molar-refractivity contribution in [1.29, 1.82) is 0 Å². The van der Waals surface area contributed by atoms with Crippen LogP contribution < -0.4 is 4.74 Å². The molecule has 2 heterocycles. The average molecular weight is 336 g/mol. The van der Waals surface area contributed by atoms with Crippen molar-refractivity contribution in [3.05, 3.63) is 72.2 Å². The molecule has 0 aliphatic carbocycles. The van der Waals surface area contributed by atoms with Crippen molar-refractivity contribution >= 4 is 5.91 Å². The van der Waals surface area contributed by atoms with E-state index in [0.29, 0.717) is 30.4 Å². The normalized spacial score (nSPS) is 10.5. The van der Waals surface area contributed by atoms with Gasteiger partial charge in [-0.3, -0.25) is 9.48 Å². The number of pyridine rings is 1. The fourth-order valence-electron chi connectivity index (χ4n) is 2.53. The van der Waals surface area contributed by atoms with Gasteiger partial charge in [0, 0.05) is 31.5 Å². The molecule has 0 atom stereocenters. The monoisotopic (exact) mass is 336 g/mol. The quantitative estimate of drug-likeness (QED) is 0.692. The molecule has 1 aromatic carbocycles. The highest BCUT2D eigenvalue weighted by atomic mass is 16.5. The second-order valence-corrected chi connectivity index (χ2v) is 5.58. The molecule has 0 fully saturated rings. The van der Waals surface area contributed by atoms with E-state index in [0.717, 1.165) is 5.56 Å². The van der Waals surface area contributed by atoms with Gasteiger partial charge >= 0.3 is 0 Å². The van der Waals surface area contributed by atoms with Gasteiger partial charge in [0.25, 0.3) is 5.91 Å². The minimum atomic E-state index is -0.0890. The zero-order valence-corrected chi connectivity index (χ0v) is 14.3. The summed E-state index contributed by atoms with van der Waals surface area (Å²) in [6.45, 7) is 3.00. The number of hydrogen-bond donors (Lipinski definition) is 0. The number of carbonyl (C=O) groups is 1. The number of benzene rings is 1.